The number of rotatable bonds is 1. The van der Waals surface area contributed by atoms with Crippen LogP contribution in [-0.2, 0) is 11.5 Å². The Morgan fingerprint density at radius 3 is 2.63 bits per heavy atom. The molecule has 98 valence electrons. The quantitative estimate of drug-likeness (QED) is 0.867. The molecule has 1 aliphatic heterocycles. The molecule has 0 spiro atoms. The van der Waals surface area contributed by atoms with Gasteiger partial charge in [0.15, 0.2) is 0 Å². The lowest BCUT2D eigenvalue weighted by Gasteiger charge is -2.10. The predicted octanol–water partition coefficient (Wildman–Crippen LogP) is 3.11. The Bertz CT molecular complexity index is 719. The minimum atomic E-state index is 0.0163. The summed E-state index contributed by atoms with van der Waals surface area (Å²) in [5, 5.41) is 0. The zero-order valence-corrected chi connectivity index (χ0v) is 12.1. The van der Waals surface area contributed by atoms with Gasteiger partial charge in [-0.1, -0.05) is 6.07 Å². The molecule has 3 nitrogen and oxygen atoms in total. The zero-order valence-electron chi connectivity index (χ0n) is 11.3. The van der Waals surface area contributed by atoms with Crippen LogP contribution in [-0.4, -0.2) is 9.97 Å². The zero-order chi connectivity index (χ0) is 13.6. The highest BCUT2D eigenvalue weighted by Crippen LogP contribution is 2.28. The molecule has 19 heavy (non-hydrogen) atoms. The average Bonchev–Trinajstić information content (AvgIpc) is 2.82. The van der Waals surface area contributed by atoms with Crippen LogP contribution >= 0.6 is 11.8 Å². The lowest BCUT2D eigenvalue weighted by Crippen LogP contribution is -2.15. The van der Waals surface area contributed by atoms with Gasteiger partial charge in [0.05, 0.1) is 5.69 Å². The molecule has 0 saturated heterocycles. The molecule has 4 heteroatoms. The molecule has 0 atom stereocenters. The normalized spacial score (nSPS) is 13.6. The van der Waals surface area contributed by atoms with E-state index in [9.17, 15) is 4.79 Å². The minimum absolute atomic E-state index is 0.0163. The van der Waals surface area contributed by atoms with Crippen molar-refractivity contribution in [2.75, 3.05) is 0 Å². The summed E-state index contributed by atoms with van der Waals surface area (Å²) >= 11 is 1.75. The number of hydrogen-bond acceptors (Lipinski definition) is 3. The van der Waals surface area contributed by atoms with E-state index >= 15 is 0 Å². The van der Waals surface area contributed by atoms with E-state index in [1.54, 1.807) is 11.8 Å². The van der Waals surface area contributed by atoms with Crippen molar-refractivity contribution in [1.29, 1.82) is 0 Å². The topological polar surface area (TPSA) is 45.8 Å². The van der Waals surface area contributed by atoms with Crippen LogP contribution in [0.1, 0.15) is 27.9 Å². The second-order valence-electron chi connectivity index (χ2n) is 5.08. The Morgan fingerprint density at radius 2 is 1.84 bits per heavy atom. The van der Waals surface area contributed by atoms with E-state index in [0.717, 1.165) is 33.9 Å². The summed E-state index contributed by atoms with van der Waals surface area (Å²) in [4.78, 5) is 19.6. The summed E-state index contributed by atoms with van der Waals surface area (Å²) in [7, 11) is 0. The number of aromatic nitrogens is 2. The van der Waals surface area contributed by atoms with Crippen molar-refractivity contribution in [2.45, 2.75) is 32.3 Å². The molecule has 0 amide bonds. The summed E-state index contributed by atoms with van der Waals surface area (Å²) in [5.74, 6) is 2.33. The second kappa shape index (κ2) is 4.53. The summed E-state index contributed by atoms with van der Waals surface area (Å²) in [5.41, 5.74) is 6.47. The molecule has 2 aromatic rings. The molecule has 0 radical (unpaired) electrons. The second-order valence-corrected chi connectivity index (χ2v) is 6.07. The Balaban J connectivity index is 2.21. The number of thioether (sulfide) groups is 1. The van der Waals surface area contributed by atoms with Crippen LogP contribution in [0, 0.1) is 20.8 Å². The summed E-state index contributed by atoms with van der Waals surface area (Å²) < 4.78 is 0. The van der Waals surface area contributed by atoms with E-state index in [1.165, 1.54) is 11.1 Å². The van der Waals surface area contributed by atoms with Crippen molar-refractivity contribution in [3.63, 3.8) is 0 Å². The van der Waals surface area contributed by atoms with Gasteiger partial charge in [-0.2, -0.15) is 11.8 Å². The minimum Gasteiger partial charge on any atom is -0.306 e. The van der Waals surface area contributed by atoms with Crippen LogP contribution in [0.4, 0.5) is 0 Å². The van der Waals surface area contributed by atoms with Crippen LogP contribution in [0.3, 0.4) is 0 Å². The third-order valence-corrected chi connectivity index (χ3v) is 4.65. The van der Waals surface area contributed by atoms with Crippen molar-refractivity contribution in [3.8, 4) is 11.4 Å². The summed E-state index contributed by atoms with van der Waals surface area (Å²) in [6, 6.07) is 4.25. The van der Waals surface area contributed by atoms with Crippen molar-refractivity contribution < 1.29 is 0 Å². The molecule has 3 rings (SSSR count). The number of nitrogens with zero attached hydrogens (tertiary/aromatic N) is 1. The molecule has 1 N–H and O–H groups in total. The van der Waals surface area contributed by atoms with Crippen LogP contribution in [0.15, 0.2) is 16.9 Å². The lowest BCUT2D eigenvalue weighted by atomic mass is 10.0. The fourth-order valence-corrected chi connectivity index (χ4v) is 3.44. The molecule has 0 unspecified atom stereocenters. The molecule has 0 saturated carbocycles. The monoisotopic (exact) mass is 272 g/mol. The van der Waals surface area contributed by atoms with E-state index < -0.39 is 0 Å². The van der Waals surface area contributed by atoms with E-state index in [2.05, 4.69) is 42.9 Å². The lowest BCUT2D eigenvalue weighted by molar-refractivity contribution is 1.03. The number of H-pyrrole nitrogens is 1. The maximum absolute atomic E-state index is 12.1. The maximum atomic E-state index is 12.1. The first kappa shape index (κ1) is 12.5. The molecule has 0 fully saturated rings. The number of fused-ring (bicyclic) bond motifs is 1. The Morgan fingerprint density at radius 1 is 1.11 bits per heavy atom. The van der Waals surface area contributed by atoms with Crippen LogP contribution in [0.2, 0.25) is 0 Å². The van der Waals surface area contributed by atoms with Gasteiger partial charge in [-0.25, -0.2) is 4.98 Å². The van der Waals surface area contributed by atoms with Gasteiger partial charge in [0.1, 0.15) is 5.82 Å². The van der Waals surface area contributed by atoms with E-state index in [0.29, 0.717) is 5.82 Å². The van der Waals surface area contributed by atoms with Crippen molar-refractivity contribution >= 4 is 11.8 Å². The molecule has 2 heterocycles. The van der Waals surface area contributed by atoms with Gasteiger partial charge < -0.3 is 4.98 Å². The van der Waals surface area contributed by atoms with Gasteiger partial charge in [-0.15, -0.1) is 0 Å². The molecule has 1 aromatic heterocycles. The highest BCUT2D eigenvalue weighted by atomic mass is 32.2. The number of aromatic amines is 1. The van der Waals surface area contributed by atoms with Gasteiger partial charge in [-0.05, 0) is 43.5 Å². The average molecular weight is 272 g/mol. The van der Waals surface area contributed by atoms with E-state index in [1.807, 2.05) is 0 Å². The van der Waals surface area contributed by atoms with Crippen LogP contribution < -0.4 is 5.56 Å². The van der Waals surface area contributed by atoms with Gasteiger partial charge in [-0.3, -0.25) is 4.79 Å². The van der Waals surface area contributed by atoms with Crippen molar-refractivity contribution in [2.24, 2.45) is 0 Å². The third-order valence-electron chi connectivity index (χ3n) is 3.68. The molecule has 0 aliphatic carbocycles. The van der Waals surface area contributed by atoms with Crippen LogP contribution in [0.5, 0.6) is 0 Å². The summed E-state index contributed by atoms with van der Waals surface area (Å²) in [6.07, 6.45) is 0. The molecular weight excluding hydrogens is 256 g/mol. The van der Waals surface area contributed by atoms with Gasteiger partial charge in [0.25, 0.3) is 5.56 Å². The fourth-order valence-electron chi connectivity index (χ4n) is 2.41. The largest absolute Gasteiger partial charge is 0.306 e. The first-order valence-electron chi connectivity index (χ1n) is 6.34. The smallest absolute Gasteiger partial charge is 0.255 e. The Labute approximate surface area is 116 Å². The highest BCUT2D eigenvalue weighted by molar-refractivity contribution is 7.98. The Kier molecular flexibility index (Phi) is 2.97. The van der Waals surface area contributed by atoms with E-state index in [-0.39, 0.29) is 5.56 Å². The number of nitrogens with one attached hydrogen (secondary N) is 1. The molecule has 0 bridgehead atoms. The van der Waals surface area contributed by atoms with Gasteiger partial charge in [0.2, 0.25) is 0 Å². The maximum Gasteiger partial charge on any atom is 0.255 e. The predicted molar refractivity (Wildman–Crippen MR) is 79.5 cm³/mol. The summed E-state index contributed by atoms with van der Waals surface area (Å²) in [6.45, 7) is 6.24. The third kappa shape index (κ3) is 2.10. The SMILES string of the molecule is Cc1cc(C)c(-c2nc3c(c(=O)[nH]2)CSC3)cc1C. The number of hydrogen-bond donors (Lipinski definition) is 1. The van der Waals surface area contributed by atoms with Gasteiger partial charge >= 0.3 is 0 Å². The van der Waals surface area contributed by atoms with Crippen molar-refractivity contribution in [1.82, 2.24) is 9.97 Å². The van der Waals surface area contributed by atoms with Crippen molar-refractivity contribution in [3.05, 3.63) is 50.4 Å². The Hall–Kier alpha value is -1.55. The molecule has 1 aliphatic rings. The fraction of sp³-hybridized carbons (Fsp3) is 0.333. The first-order chi connectivity index (χ1) is 9.06. The van der Waals surface area contributed by atoms with Crippen LogP contribution in [0.25, 0.3) is 11.4 Å². The first-order valence-corrected chi connectivity index (χ1v) is 7.50. The van der Waals surface area contributed by atoms with Gasteiger partial charge in [0, 0.05) is 22.6 Å². The number of aryl methyl sites for hydroxylation is 3. The standard InChI is InChI=1S/C15H16N2OS/c1-8-4-10(3)11(5-9(8)2)14-16-13-7-19-6-12(13)15(18)17-14/h4-5H,6-7H2,1-3H3,(H,16,17,18). The molecule has 1 aromatic carbocycles. The molecular formula is C15H16N2OS. The highest BCUT2D eigenvalue weighted by Gasteiger charge is 2.18. The number of benzene rings is 1. The van der Waals surface area contributed by atoms with E-state index in [4.69, 9.17) is 0 Å².